The van der Waals surface area contributed by atoms with Crippen molar-refractivity contribution < 1.29 is 18.0 Å². The van der Waals surface area contributed by atoms with Crippen LogP contribution in [0.25, 0.3) is 0 Å². The van der Waals surface area contributed by atoms with Crippen LogP contribution in [-0.4, -0.2) is 5.78 Å². The molecule has 0 fully saturated rings. The molecule has 0 saturated carbocycles. The fourth-order valence-electron chi connectivity index (χ4n) is 1.66. The molecule has 0 aliphatic heterocycles. The maximum Gasteiger partial charge on any atom is 0.170 e. The van der Waals surface area contributed by atoms with E-state index in [1.54, 1.807) is 0 Å². The van der Waals surface area contributed by atoms with E-state index in [9.17, 15) is 18.0 Å². The van der Waals surface area contributed by atoms with Gasteiger partial charge in [-0.3, -0.25) is 4.79 Å². The Morgan fingerprint density at radius 3 is 2.42 bits per heavy atom. The number of carbonyl (C=O) groups is 1. The van der Waals surface area contributed by atoms with Crippen LogP contribution in [0.2, 0.25) is 0 Å². The Balaban J connectivity index is 2.28. The molecule has 0 N–H and O–H groups in total. The van der Waals surface area contributed by atoms with Gasteiger partial charge >= 0.3 is 0 Å². The SMILES string of the molecule is O=C(Cc1cc(F)ccc1F)c1ccc(Br)cc1F. The molecule has 2 aromatic carbocycles. The fourth-order valence-corrected chi connectivity index (χ4v) is 2.00. The van der Waals surface area contributed by atoms with Gasteiger partial charge in [-0.15, -0.1) is 0 Å². The molecule has 1 nitrogen and oxygen atoms in total. The maximum atomic E-state index is 13.6. The van der Waals surface area contributed by atoms with Crippen LogP contribution >= 0.6 is 15.9 Å². The summed E-state index contributed by atoms with van der Waals surface area (Å²) in [7, 11) is 0. The maximum absolute atomic E-state index is 13.6. The molecule has 0 amide bonds. The van der Waals surface area contributed by atoms with E-state index in [-0.39, 0.29) is 17.5 Å². The van der Waals surface area contributed by atoms with Gasteiger partial charge in [0.15, 0.2) is 5.78 Å². The average Bonchev–Trinajstić information content (AvgIpc) is 2.33. The third-order valence-corrected chi connectivity index (χ3v) is 3.08. The standard InChI is InChI=1S/C14H8BrF3O/c15-9-1-3-11(13(18)7-9)14(19)6-8-5-10(16)2-4-12(8)17/h1-5,7H,6H2. The molecule has 19 heavy (non-hydrogen) atoms. The number of ketones is 1. The molecule has 0 aliphatic carbocycles. The van der Waals surface area contributed by atoms with Crippen LogP contribution in [0.15, 0.2) is 40.9 Å². The summed E-state index contributed by atoms with van der Waals surface area (Å²) in [6.07, 6.45) is -0.387. The van der Waals surface area contributed by atoms with Crippen molar-refractivity contribution in [2.45, 2.75) is 6.42 Å². The summed E-state index contributed by atoms with van der Waals surface area (Å²) in [4.78, 5) is 11.9. The van der Waals surface area contributed by atoms with Crippen LogP contribution in [0.3, 0.4) is 0 Å². The van der Waals surface area contributed by atoms with Crippen LogP contribution in [0.4, 0.5) is 13.2 Å². The minimum absolute atomic E-state index is 0.0904. The molecule has 0 atom stereocenters. The van der Waals surface area contributed by atoms with Crippen LogP contribution in [0.5, 0.6) is 0 Å². The first kappa shape index (κ1) is 13.8. The first-order chi connectivity index (χ1) is 8.97. The monoisotopic (exact) mass is 328 g/mol. The predicted molar refractivity (Wildman–Crippen MR) is 68.5 cm³/mol. The van der Waals surface area contributed by atoms with Gasteiger partial charge in [-0.25, -0.2) is 13.2 Å². The first-order valence-corrected chi connectivity index (χ1v) is 6.19. The van der Waals surface area contributed by atoms with Gasteiger partial charge in [0.2, 0.25) is 0 Å². The molecule has 0 radical (unpaired) electrons. The number of halogens is 4. The van der Waals surface area contributed by atoms with Gasteiger partial charge in [0.25, 0.3) is 0 Å². The number of carbonyl (C=O) groups excluding carboxylic acids is 1. The third-order valence-electron chi connectivity index (χ3n) is 2.59. The molecule has 0 aromatic heterocycles. The Bertz CT molecular complexity index is 641. The first-order valence-electron chi connectivity index (χ1n) is 5.39. The lowest BCUT2D eigenvalue weighted by molar-refractivity contribution is 0.0988. The zero-order valence-corrected chi connectivity index (χ0v) is 11.2. The number of Topliss-reactive ketones (excluding diaryl/α,β-unsaturated/α-hetero) is 1. The van der Waals surface area contributed by atoms with Crippen LogP contribution < -0.4 is 0 Å². The Morgan fingerprint density at radius 1 is 1.00 bits per heavy atom. The molecule has 0 saturated heterocycles. The Labute approximate surface area is 116 Å². The number of rotatable bonds is 3. The smallest absolute Gasteiger partial charge is 0.170 e. The van der Waals surface area contributed by atoms with Gasteiger partial charge < -0.3 is 0 Å². The fraction of sp³-hybridized carbons (Fsp3) is 0.0714. The molecular formula is C14H8BrF3O. The quantitative estimate of drug-likeness (QED) is 0.768. The van der Waals surface area contributed by atoms with E-state index in [0.717, 1.165) is 24.3 Å². The van der Waals surface area contributed by atoms with Crippen molar-refractivity contribution >= 4 is 21.7 Å². The summed E-state index contributed by atoms with van der Waals surface area (Å²) in [6, 6.07) is 6.80. The summed E-state index contributed by atoms with van der Waals surface area (Å²) in [6.45, 7) is 0. The lowest BCUT2D eigenvalue weighted by Gasteiger charge is -2.05. The second-order valence-corrected chi connectivity index (χ2v) is 4.88. The van der Waals surface area contributed by atoms with E-state index in [2.05, 4.69) is 15.9 Å². The largest absolute Gasteiger partial charge is 0.294 e. The van der Waals surface area contributed by atoms with Crippen molar-refractivity contribution in [3.8, 4) is 0 Å². The highest BCUT2D eigenvalue weighted by Crippen LogP contribution is 2.18. The van der Waals surface area contributed by atoms with Gasteiger partial charge in [-0.2, -0.15) is 0 Å². The molecule has 98 valence electrons. The molecule has 0 aliphatic rings. The number of benzene rings is 2. The Hall–Kier alpha value is -1.62. The van der Waals surface area contributed by atoms with E-state index in [0.29, 0.717) is 4.47 Å². The molecule has 0 spiro atoms. The zero-order chi connectivity index (χ0) is 14.0. The van der Waals surface area contributed by atoms with Crippen molar-refractivity contribution in [2.75, 3.05) is 0 Å². The molecule has 2 rings (SSSR count). The second-order valence-electron chi connectivity index (χ2n) is 3.96. The Morgan fingerprint density at radius 2 is 1.74 bits per heavy atom. The van der Waals surface area contributed by atoms with Gasteiger partial charge in [-0.1, -0.05) is 15.9 Å². The zero-order valence-electron chi connectivity index (χ0n) is 9.59. The Kier molecular flexibility index (Phi) is 4.04. The number of hydrogen-bond acceptors (Lipinski definition) is 1. The molecule has 0 unspecified atom stereocenters. The van der Waals surface area contributed by atoms with E-state index in [1.165, 1.54) is 12.1 Å². The summed E-state index contributed by atoms with van der Waals surface area (Å²) >= 11 is 3.07. The molecular weight excluding hydrogens is 321 g/mol. The minimum atomic E-state index is -0.698. The summed E-state index contributed by atoms with van der Waals surface area (Å²) in [5, 5.41) is 0. The molecule has 5 heteroatoms. The summed E-state index contributed by atoms with van der Waals surface area (Å²) in [5.41, 5.74) is -0.237. The highest BCUT2D eigenvalue weighted by molar-refractivity contribution is 9.10. The van der Waals surface area contributed by atoms with Crippen molar-refractivity contribution in [3.63, 3.8) is 0 Å². The summed E-state index contributed by atoms with van der Waals surface area (Å²) in [5.74, 6) is -2.63. The van der Waals surface area contributed by atoms with Crippen molar-refractivity contribution in [2.24, 2.45) is 0 Å². The third kappa shape index (κ3) is 3.23. The van der Waals surface area contributed by atoms with Crippen LogP contribution in [0, 0.1) is 17.5 Å². The topological polar surface area (TPSA) is 17.1 Å². The lowest BCUT2D eigenvalue weighted by Crippen LogP contribution is -2.08. The van der Waals surface area contributed by atoms with Gasteiger partial charge in [0.05, 0.1) is 5.56 Å². The minimum Gasteiger partial charge on any atom is -0.294 e. The van der Waals surface area contributed by atoms with Crippen molar-refractivity contribution in [3.05, 3.63) is 69.4 Å². The lowest BCUT2D eigenvalue weighted by atomic mass is 10.0. The van der Waals surface area contributed by atoms with E-state index in [1.807, 2.05) is 0 Å². The van der Waals surface area contributed by atoms with Crippen molar-refractivity contribution in [1.82, 2.24) is 0 Å². The van der Waals surface area contributed by atoms with Crippen molar-refractivity contribution in [1.29, 1.82) is 0 Å². The molecule has 2 aromatic rings. The van der Waals surface area contributed by atoms with E-state index in [4.69, 9.17) is 0 Å². The summed E-state index contributed by atoms with van der Waals surface area (Å²) < 4.78 is 40.4. The number of hydrogen-bond donors (Lipinski definition) is 0. The van der Waals surface area contributed by atoms with Gasteiger partial charge in [-0.05, 0) is 42.0 Å². The predicted octanol–water partition coefficient (Wildman–Crippen LogP) is 4.29. The molecule has 0 heterocycles. The van der Waals surface area contributed by atoms with Gasteiger partial charge in [0, 0.05) is 10.9 Å². The highest BCUT2D eigenvalue weighted by atomic mass is 79.9. The molecule has 0 bridgehead atoms. The van der Waals surface area contributed by atoms with Crippen LogP contribution in [-0.2, 0) is 6.42 Å². The normalized spacial score (nSPS) is 10.5. The highest BCUT2D eigenvalue weighted by Gasteiger charge is 2.15. The van der Waals surface area contributed by atoms with Crippen LogP contribution in [0.1, 0.15) is 15.9 Å². The average molecular weight is 329 g/mol. The van der Waals surface area contributed by atoms with E-state index < -0.39 is 23.2 Å². The van der Waals surface area contributed by atoms with Gasteiger partial charge in [0.1, 0.15) is 17.5 Å². The second kappa shape index (κ2) is 5.57. The van der Waals surface area contributed by atoms with E-state index >= 15 is 0 Å².